The second kappa shape index (κ2) is 10.6. The highest BCUT2D eigenvalue weighted by molar-refractivity contribution is 7.89. The Labute approximate surface area is 204 Å². The number of benzene rings is 2. The van der Waals surface area contributed by atoms with Gasteiger partial charge in [-0.1, -0.05) is 48.9 Å². The molecule has 10 heteroatoms. The number of nitrogens with zero attached hydrogens (tertiary/aromatic N) is 3. The lowest BCUT2D eigenvalue weighted by Gasteiger charge is -2.34. The van der Waals surface area contributed by atoms with Gasteiger partial charge in [0.1, 0.15) is 16.8 Å². The predicted molar refractivity (Wildman–Crippen MR) is 131 cm³/mol. The van der Waals surface area contributed by atoms with E-state index in [4.69, 9.17) is 4.74 Å². The molecule has 1 aliphatic heterocycles. The molecule has 0 saturated carbocycles. The summed E-state index contributed by atoms with van der Waals surface area (Å²) in [6, 6.07) is 13.0. The summed E-state index contributed by atoms with van der Waals surface area (Å²) < 4.78 is 34.0. The molecule has 8 nitrogen and oxygen atoms in total. The zero-order valence-corrected chi connectivity index (χ0v) is 20.9. The van der Waals surface area contributed by atoms with Crippen LogP contribution in [0.4, 0.5) is 5.13 Å². The van der Waals surface area contributed by atoms with Crippen LogP contribution >= 0.6 is 11.3 Å². The predicted octanol–water partition coefficient (Wildman–Crippen LogP) is 4.03. The summed E-state index contributed by atoms with van der Waals surface area (Å²) >= 11 is 1.33. The molecule has 0 bridgehead atoms. The standard InChI is InChI=1S/C24H28N4O4S2/c1-3-5-10-22-26-27-24(33-22)25-23(29)21-15-17-8-6-7-9-18(17)16-28(21)34(30,31)20-13-11-19(12-14-20)32-4-2/h6-9,11-14,21H,3-5,10,15-16H2,1-2H3,(H,25,27,29). The highest BCUT2D eigenvalue weighted by atomic mass is 32.2. The lowest BCUT2D eigenvalue weighted by Crippen LogP contribution is -2.50. The van der Waals surface area contributed by atoms with Crippen molar-refractivity contribution < 1.29 is 17.9 Å². The van der Waals surface area contributed by atoms with E-state index < -0.39 is 22.0 Å². The number of nitrogens with one attached hydrogen (secondary N) is 1. The van der Waals surface area contributed by atoms with Gasteiger partial charge in [-0.05, 0) is 55.2 Å². The first-order valence-corrected chi connectivity index (χ1v) is 13.6. The van der Waals surface area contributed by atoms with Gasteiger partial charge in [0.2, 0.25) is 21.1 Å². The van der Waals surface area contributed by atoms with Crippen LogP contribution in [0.15, 0.2) is 53.4 Å². The molecule has 1 aromatic heterocycles. The molecular formula is C24H28N4O4S2. The number of unbranched alkanes of at least 4 members (excludes halogenated alkanes) is 1. The molecule has 1 aliphatic rings. The quantitative estimate of drug-likeness (QED) is 0.476. The van der Waals surface area contributed by atoms with Crippen molar-refractivity contribution in [3.8, 4) is 5.75 Å². The van der Waals surface area contributed by atoms with E-state index in [-0.39, 0.29) is 17.9 Å². The van der Waals surface area contributed by atoms with Gasteiger partial charge < -0.3 is 4.74 Å². The highest BCUT2D eigenvalue weighted by Crippen LogP contribution is 2.31. The first-order chi connectivity index (χ1) is 16.4. The lowest BCUT2D eigenvalue weighted by molar-refractivity contribution is -0.120. The van der Waals surface area contributed by atoms with E-state index in [0.29, 0.717) is 17.5 Å². The maximum absolute atomic E-state index is 13.6. The molecule has 0 aliphatic carbocycles. The maximum atomic E-state index is 13.6. The molecule has 0 spiro atoms. The van der Waals surface area contributed by atoms with Gasteiger partial charge in [-0.25, -0.2) is 8.42 Å². The Morgan fingerprint density at radius 2 is 1.85 bits per heavy atom. The molecule has 0 fully saturated rings. The SMILES string of the molecule is CCCCc1nnc(NC(=O)C2Cc3ccccc3CN2S(=O)(=O)c2ccc(OCC)cc2)s1. The van der Waals surface area contributed by atoms with Crippen molar-refractivity contribution in [2.45, 2.75) is 57.0 Å². The molecule has 1 unspecified atom stereocenters. The second-order valence-electron chi connectivity index (χ2n) is 8.04. The average molecular weight is 501 g/mol. The van der Waals surface area contributed by atoms with Crippen LogP contribution in [-0.4, -0.2) is 41.5 Å². The van der Waals surface area contributed by atoms with Crippen LogP contribution < -0.4 is 10.1 Å². The number of sulfonamides is 1. The molecule has 3 aromatic rings. The van der Waals surface area contributed by atoms with Crippen molar-refractivity contribution in [2.75, 3.05) is 11.9 Å². The number of amides is 1. The molecule has 34 heavy (non-hydrogen) atoms. The van der Waals surface area contributed by atoms with Crippen LogP contribution in [0, 0.1) is 0 Å². The fourth-order valence-electron chi connectivity index (χ4n) is 3.91. The number of aromatic nitrogens is 2. The zero-order valence-electron chi connectivity index (χ0n) is 19.2. The fraction of sp³-hybridized carbons (Fsp3) is 0.375. The van der Waals surface area contributed by atoms with E-state index in [0.717, 1.165) is 35.4 Å². The Morgan fingerprint density at radius 1 is 1.12 bits per heavy atom. The van der Waals surface area contributed by atoms with Crippen LogP contribution in [0.3, 0.4) is 0 Å². The summed E-state index contributed by atoms with van der Waals surface area (Å²) in [6.45, 7) is 4.57. The van der Waals surface area contributed by atoms with Crippen molar-refractivity contribution in [2.24, 2.45) is 0 Å². The van der Waals surface area contributed by atoms with Gasteiger partial charge in [-0.15, -0.1) is 10.2 Å². The van der Waals surface area contributed by atoms with Crippen molar-refractivity contribution in [1.82, 2.24) is 14.5 Å². The fourth-order valence-corrected chi connectivity index (χ4v) is 6.26. The van der Waals surface area contributed by atoms with E-state index in [1.54, 1.807) is 12.1 Å². The van der Waals surface area contributed by atoms with Crippen LogP contribution in [0.5, 0.6) is 5.75 Å². The van der Waals surface area contributed by atoms with Crippen molar-refractivity contribution in [3.05, 3.63) is 64.7 Å². The van der Waals surface area contributed by atoms with Crippen LogP contribution in [0.1, 0.15) is 42.8 Å². The number of fused-ring (bicyclic) bond motifs is 1. The van der Waals surface area contributed by atoms with Gasteiger partial charge in [0.15, 0.2) is 0 Å². The first-order valence-electron chi connectivity index (χ1n) is 11.4. The number of hydrogen-bond donors (Lipinski definition) is 1. The molecule has 1 atom stereocenters. The summed E-state index contributed by atoms with van der Waals surface area (Å²) in [6.07, 6.45) is 3.12. The lowest BCUT2D eigenvalue weighted by atomic mass is 9.95. The van der Waals surface area contributed by atoms with E-state index in [1.807, 2.05) is 31.2 Å². The van der Waals surface area contributed by atoms with Crippen LogP contribution in [0.2, 0.25) is 0 Å². The topological polar surface area (TPSA) is 101 Å². The minimum absolute atomic E-state index is 0.113. The number of carbonyl (C=O) groups excluding carboxylic acids is 1. The van der Waals surface area contributed by atoms with Gasteiger partial charge in [-0.3, -0.25) is 10.1 Å². The monoisotopic (exact) mass is 500 g/mol. The Balaban J connectivity index is 1.61. The third kappa shape index (κ3) is 5.29. The van der Waals surface area contributed by atoms with Gasteiger partial charge >= 0.3 is 0 Å². The summed E-state index contributed by atoms with van der Waals surface area (Å²) in [5, 5.41) is 12.2. The minimum Gasteiger partial charge on any atom is -0.494 e. The van der Waals surface area contributed by atoms with Gasteiger partial charge in [0.05, 0.1) is 11.5 Å². The third-order valence-electron chi connectivity index (χ3n) is 5.69. The molecule has 2 heterocycles. The third-order valence-corrected chi connectivity index (χ3v) is 8.46. The van der Waals surface area contributed by atoms with Crippen molar-refractivity contribution in [3.63, 3.8) is 0 Å². The summed E-state index contributed by atoms with van der Waals surface area (Å²) in [4.78, 5) is 13.4. The number of ether oxygens (including phenoxy) is 1. The number of aryl methyl sites for hydroxylation is 1. The van der Waals surface area contributed by atoms with Crippen molar-refractivity contribution >= 4 is 32.4 Å². The molecule has 1 N–H and O–H groups in total. The number of rotatable bonds is 9. The number of anilines is 1. The van der Waals surface area contributed by atoms with Crippen LogP contribution in [0.25, 0.3) is 0 Å². The Kier molecular flexibility index (Phi) is 7.60. The van der Waals surface area contributed by atoms with E-state index in [1.165, 1.54) is 27.8 Å². The molecule has 180 valence electrons. The largest absolute Gasteiger partial charge is 0.494 e. The highest BCUT2D eigenvalue weighted by Gasteiger charge is 2.40. The van der Waals surface area contributed by atoms with Crippen molar-refractivity contribution in [1.29, 1.82) is 0 Å². The van der Waals surface area contributed by atoms with E-state index >= 15 is 0 Å². The second-order valence-corrected chi connectivity index (χ2v) is 11.0. The summed E-state index contributed by atoms with van der Waals surface area (Å²) in [5.41, 5.74) is 1.85. The normalized spacial score (nSPS) is 16.1. The van der Waals surface area contributed by atoms with E-state index in [9.17, 15) is 13.2 Å². The smallest absolute Gasteiger partial charge is 0.245 e. The summed E-state index contributed by atoms with van der Waals surface area (Å²) in [5.74, 6) is 0.178. The Hall–Kier alpha value is -2.82. The molecule has 0 saturated heterocycles. The minimum atomic E-state index is -3.95. The molecule has 2 aromatic carbocycles. The Bertz CT molecular complexity index is 1240. The molecular weight excluding hydrogens is 472 g/mol. The molecule has 0 radical (unpaired) electrons. The number of carbonyl (C=O) groups is 1. The van der Waals surface area contributed by atoms with Gasteiger partial charge in [0, 0.05) is 13.0 Å². The first kappa shape index (κ1) is 24.3. The van der Waals surface area contributed by atoms with E-state index in [2.05, 4.69) is 22.4 Å². The Morgan fingerprint density at radius 3 is 2.56 bits per heavy atom. The molecule has 4 rings (SSSR count). The average Bonchev–Trinajstić information content (AvgIpc) is 3.29. The number of hydrogen-bond acceptors (Lipinski definition) is 7. The van der Waals surface area contributed by atoms with Gasteiger partial charge in [-0.2, -0.15) is 4.31 Å². The summed E-state index contributed by atoms with van der Waals surface area (Å²) in [7, 11) is -3.95. The van der Waals surface area contributed by atoms with Crippen LogP contribution in [-0.2, 0) is 34.2 Å². The maximum Gasteiger partial charge on any atom is 0.245 e. The van der Waals surface area contributed by atoms with Gasteiger partial charge in [0.25, 0.3) is 0 Å². The molecule has 1 amide bonds. The zero-order chi connectivity index (χ0) is 24.1.